The van der Waals surface area contributed by atoms with E-state index in [1.165, 1.54) is 6.20 Å². The number of nitrogens with one attached hydrogen (secondary N) is 1. The molecule has 7 nitrogen and oxygen atoms in total. The van der Waals surface area contributed by atoms with Gasteiger partial charge in [-0.15, -0.1) is 0 Å². The summed E-state index contributed by atoms with van der Waals surface area (Å²) in [6.45, 7) is 7.87. The molecule has 1 heterocycles. The topological polar surface area (TPSA) is 86.6 Å². The van der Waals surface area contributed by atoms with Gasteiger partial charge < -0.3 is 19.4 Å². The van der Waals surface area contributed by atoms with Gasteiger partial charge in [0.15, 0.2) is 0 Å². The second-order valence-corrected chi connectivity index (χ2v) is 6.73. The zero-order valence-electron chi connectivity index (χ0n) is 15.5. The predicted molar refractivity (Wildman–Crippen MR) is 98.4 cm³/mol. The average molecular weight is 360 g/mol. The minimum atomic E-state index is -0.655. The van der Waals surface area contributed by atoms with Gasteiger partial charge in [0.25, 0.3) is 0 Å². The third-order valence-corrected chi connectivity index (χ3v) is 3.50. The van der Waals surface area contributed by atoms with Gasteiger partial charge in [-0.05, 0) is 39.8 Å². The molecule has 7 heteroatoms. The number of esters is 1. The number of benzene rings is 1. The van der Waals surface area contributed by atoms with E-state index in [1.54, 1.807) is 50.5 Å². The Bertz CT molecular complexity index is 864. The molecular formula is C19H24N2O5. The summed E-state index contributed by atoms with van der Waals surface area (Å²) in [5, 5.41) is 3.09. The number of alkyl carbamates (subject to hydrolysis) is 1. The monoisotopic (exact) mass is 360 g/mol. The van der Waals surface area contributed by atoms with Crippen molar-refractivity contribution in [3.63, 3.8) is 0 Å². The molecule has 140 valence electrons. The number of amides is 1. The van der Waals surface area contributed by atoms with E-state index in [-0.39, 0.29) is 24.1 Å². The SMILES string of the molecule is CCOC(=O)c1cn(CCNC(=O)OC(C)(C)C)c2ccccc2c1=O. The minimum absolute atomic E-state index is 0.0252. The Balaban J connectivity index is 2.26. The summed E-state index contributed by atoms with van der Waals surface area (Å²) in [6.07, 6.45) is 0.952. The van der Waals surface area contributed by atoms with Gasteiger partial charge in [0.2, 0.25) is 5.43 Å². The van der Waals surface area contributed by atoms with Crippen LogP contribution in [0.3, 0.4) is 0 Å². The first-order valence-corrected chi connectivity index (χ1v) is 8.49. The lowest BCUT2D eigenvalue weighted by Gasteiger charge is -2.20. The van der Waals surface area contributed by atoms with Crippen molar-refractivity contribution < 1.29 is 19.1 Å². The van der Waals surface area contributed by atoms with Gasteiger partial charge in [0, 0.05) is 24.7 Å². The Labute approximate surface area is 151 Å². The Morgan fingerprint density at radius 2 is 1.88 bits per heavy atom. The Morgan fingerprint density at radius 1 is 1.19 bits per heavy atom. The summed E-state index contributed by atoms with van der Waals surface area (Å²) in [4.78, 5) is 36.4. The molecule has 0 spiro atoms. The summed E-state index contributed by atoms with van der Waals surface area (Å²) in [7, 11) is 0. The van der Waals surface area contributed by atoms with E-state index in [1.807, 2.05) is 6.07 Å². The summed E-state index contributed by atoms with van der Waals surface area (Å²) in [5.74, 6) is -0.655. The second kappa shape index (κ2) is 8.03. The lowest BCUT2D eigenvalue weighted by molar-refractivity contribution is 0.0511. The molecule has 0 unspecified atom stereocenters. The van der Waals surface area contributed by atoms with Gasteiger partial charge in [0.1, 0.15) is 11.2 Å². The van der Waals surface area contributed by atoms with Crippen molar-refractivity contribution in [2.75, 3.05) is 13.2 Å². The van der Waals surface area contributed by atoms with Gasteiger partial charge >= 0.3 is 12.1 Å². The van der Waals surface area contributed by atoms with Crippen LogP contribution in [-0.2, 0) is 16.0 Å². The van der Waals surface area contributed by atoms with Crippen molar-refractivity contribution in [3.05, 3.63) is 46.2 Å². The molecule has 26 heavy (non-hydrogen) atoms. The van der Waals surface area contributed by atoms with E-state index in [0.29, 0.717) is 17.4 Å². The second-order valence-electron chi connectivity index (χ2n) is 6.73. The highest BCUT2D eigenvalue weighted by atomic mass is 16.6. The van der Waals surface area contributed by atoms with E-state index < -0.39 is 17.7 Å². The van der Waals surface area contributed by atoms with Crippen molar-refractivity contribution >= 4 is 23.0 Å². The molecule has 2 rings (SSSR count). The Morgan fingerprint density at radius 3 is 2.54 bits per heavy atom. The van der Waals surface area contributed by atoms with E-state index in [4.69, 9.17) is 9.47 Å². The highest BCUT2D eigenvalue weighted by molar-refractivity contribution is 5.93. The van der Waals surface area contributed by atoms with E-state index in [9.17, 15) is 14.4 Å². The lowest BCUT2D eigenvalue weighted by Crippen LogP contribution is -2.34. The molecule has 0 fully saturated rings. The molecule has 0 saturated carbocycles. The average Bonchev–Trinajstić information content (AvgIpc) is 2.55. The zero-order valence-corrected chi connectivity index (χ0v) is 15.5. The van der Waals surface area contributed by atoms with Gasteiger partial charge in [-0.3, -0.25) is 4.79 Å². The number of pyridine rings is 1. The number of nitrogens with zero attached hydrogens (tertiary/aromatic N) is 1. The van der Waals surface area contributed by atoms with Gasteiger partial charge in [0.05, 0.1) is 12.1 Å². The molecule has 0 radical (unpaired) electrons. The number of hydrogen-bond acceptors (Lipinski definition) is 5. The van der Waals surface area contributed by atoms with Crippen LogP contribution in [0.15, 0.2) is 35.3 Å². The van der Waals surface area contributed by atoms with Crippen LogP contribution >= 0.6 is 0 Å². The fraction of sp³-hybridized carbons (Fsp3) is 0.421. The number of carbonyl (C=O) groups is 2. The number of aromatic nitrogens is 1. The summed E-state index contributed by atoms with van der Waals surface area (Å²) in [6, 6.07) is 7.00. The summed E-state index contributed by atoms with van der Waals surface area (Å²) in [5.41, 5.74) is -0.291. The molecule has 0 aliphatic heterocycles. The van der Waals surface area contributed by atoms with Crippen molar-refractivity contribution in [2.45, 2.75) is 39.8 Å². The van der Waals surface area contributed by atoms with Crippen LogP contribution in [0, 0.1) is 0 Å². The quantitative estimate of drug-likeness (QED) is 0.829. The first-order chi connectivity index (χ1) is 12.2. The molecule has 0 bridgehead atoms. The Hall–Kier alpha value is -2.83. The van der Waals surface area contributed by atoms with E-state index in [0.717, 1.165) is 0 Å². The number of rotatable bonds is 5. The fourth-order valence-electron chi connectivity index (χ4n) is 2.48. The molecule has 2 aromatic rings. The Kier molecular flexibility index (Phi) is 6.02. The highest BCUT2D eigenvalue weighted by Crippen LogP contribution is 2.12. The molecule has 1 aromatic carbocycles. The maximum absolute atomic E-state index is 12.5. The largest absolute Gasteiger partial charge is 0.462 e. The van der Waals surface area contributed by atoms with E-state index in [2.05, 4.69) is 5.32 Å². The van der Waals surface area contributed by atoms with Crippen molar-refractivity contribution in [3.8, 4) is 0 Å². The number of fused-ring (bicyclic) bond motifs is 1. The maximum atomic E-state index is 12.5. The zero-order chi connectivity index (χ0) is 19.3. The van der Waals surface area contributed by atoms with Crippen LogP contribution in [0.5, 0.6) is 0 Å². The lowest BCUT2D eigenvalue weighted by atomic mass is 10.1. The third kappa shape index (κ3) is 4.84. The highest BCUT2D eigenvalue weighted by Gasteiger charge is 2.17. The number of hydrogen-bond donors (Lipinski definition) is 1. The summed E-state index contributed by atoms with van der Waals surface area (Å²) >= 11 is 0. The van der Waals surface area contributed by atoms with Crippen LogP contribution in [-0.4, -0.2) is 35.4 Å². The van der Waals surface area contributed by atoms with Crippen LogP contribution in [0.2, 0.25) is 0 Å². The van der Waals surface area contributed by atoms with Crippen molar-refractivity contribution in [1.29, 1.82) is 0 Å². The molecule has 0 atom stereocenters. The minimum Gasteiger partial charge on any atom is -0.462 e. The molecular weight excluding hydrogens is 336 g/mol. The first kappa shape index (κ1) is 19.5. The molecule has 1 amide bonds. The number of para-hydroxylation sites is 1. The smallest absolute Gasteiger partial charge is 0.407 e. The fourth-order valence-corrected chi connectivity index (χ4v) is 2.48. The van der Waals surface area contributed by atoms with E-state index >= 15 is 0 Å². The molecule has 1 aromatic heterocycles. The van der Waals surface area contributed by atoms with Gasteiger partial charge in [-0.2, -0.15) is 0 Å². The third-order valence-electron chi connectivity index (χ3n) is 3.50. The normalized spacial score (nSPS) is 11.2. The molecule has 0 saturated heterocycles. The van der Waals surface area contributed by atoms with Crippen LogP contribution in [0.1, 0.15) is 38.1 Å². The first-order valence-electron chi connectivity index (χ1n) is 8.49. The van der Waals surface area contributed by atoms with Crippen LogP contribution < -0.4 is 10.7 Å². The van der Waals surface area contributed by atoms with Crippen molar-refractivity contribution in [1.82, 2.24) is 9.88 Å². The summed E-state index contributed by atoms with van der Waals surface area (Å²) < 4.78 is 11.9. The van der Waals surface area contributed by atoms with Crippen molar-refractivity contribution in [2.24, 2.45) is 0 Å². The van der Waals surface area contributed by atoms with Crippen LogP contribution in [0.25, 0.3) is 10.9 Å². The molecule has 0 aliphatic carbocycles. The number of ether oxygens (including phenoxy) is 2. The molecule has 0 aliphatic rings. The van der Waals surface area contributed by atoms with Gasteiger partial charge in [-0.1, -0.05) is 12.1 Å². The van der Waals surface area contributed by atoms with Crippen LogP contribution in [0.4, 0.5) is 4.79 Å². The van der Waals surface area contributed by atoms with Gasteiger partial charge in [-0.25, -0.2) is 9.59 Å². The maximum Gasteiger partial charge on any atom is 0.407 e. The number of carbonyl (C=O) groups excluding carboxylic acids is 2. The predicted octanol–water partition coefficient (Wildman–Crippen LogP) is 2.70. The standard InChI is InChI=1S/C19H24N2O5/c1-5-25-17(23)14-12-21(11-10-20-18(24)26-19(2,3)4)15-9-7-6-8-13(15)16(14)22/h6-9,12H,5,10-11H2,1-4H3,(H,20,24). The molecule has 1 N–H and O–H groups in total.